The zero-order valence-corrected chi connectivity index (χ0v) is 25.2. The van der Waals surface area contributed by atoms with Crippen molar-refractivity contribution in [2.75, 3.05) is 19.6 Å². The quantitative estimate of drug-likeness (QED) is 0.261. The number of hydrogen-bond donors (Lipinski definition) is 0. The molecule has 0 aliphatic carbocycles. The first-order valence-electron chi connectivity index (χ1n) is 14.6. The summed E-state index contributed by atoms with van der Waals surface area (Å²) in [5.41, 5.74) is 14.4. The Kier molecular flexibility index (Phi) is 10.7. The fourth-order valence-electron chi connectivity index (χ4n) is 5.80. The van der Waals surface area contributed by atoms with Crippen LogP contribution in [0.25, 0.3) is 11.1 Å². The van der Waals surface area contributed by atoms with E-state index >= 15 is 0 Å². The number of rotatable bonds is 9. The SMILES string of the molecule is C=C(/C(C)=C(\Cc1ccc(CCN2CC(CC)C2)cc1)c1ccccc1C)c1c(C)cc(C)cc1C.CC. The first-order valence-corrected chi connectivity index (χ1v) is 14.6. The highest BCUT2D eigenvalue weighted by Gasteiger charge is 2.24. The van der Waals surface area contributed by atoms with Crippen LogP contribution in [-0.4, -0.2) is 24.5 Å². The number of nitrogens with zero attached hydrogens (tertiary/aromatic N) is 1. The van der Waals surface area contributed by atoms with Crippen molar-refractivity contribution in [1.82, 2.24) is 4.90 Å². The summed E-state index contributed by atoms with van der Waals surface area (Å²) in [6, 6.07) is 22.6. The third-order valence-corrected chi connectivity index (χ3v) is 8.09. The van der Waals surface area contributed by atoms with Crippen molar-refractivity contribution in [3.05, 3.63) is 117 Å². The summed E-state index contributed by atoms with van der Waals surface area (Å²) in [4.78, 5) is 2.59. The molecule has 4 rings (SSSR count). The highest BCUT2D eigenvalue weighted by molar-refractivity contribution is 5.90. The van der Waals surface area contributed by atoms with Crippen LogP contribution in [0.5, 0.6) is 0 Å². The minimum atomic E-state index is 0.907. The largest absolute Gasteiger partial charge is 0.302 e. The summed E-state index contributed by atoms with van der Waals surface area (Å²) >= 11 is 0. The molecule has 0 spiro atoms. The van der Waals surface area contributed by atoms with E-state index in [9.17, 15) is 0 Å². The summed E-state index contributed by atoms with van der Waals surface area (Å²) in [7, 11) is 0. The Hall–Kier alpha value is -2.90. The summed E-state index contributed by atoms with van der Waals surface area (Å²) in [6.07, 6.45) is 3.36. The molecule has 1 heterocycles. The van der Waals surface area contributed by atoms with Gasteiger partial charge in [-0.2, -0.15) is 0 Å². The molecule has 38 heavy (non-hydrogen) atoms. The monoisotopic (exact) mass is 507 g/mol. The van der Waals surface area contributed by atoms with Gasteiger partial charge in [0.25, 0.3) is 0 Å². The Balaban J connectivity index is 0.00000195. The fraction of sp³-hybridized carbons (Fsp3) is 0.405. The molecule has 0 atom stereocenters. The van der Waals surface area contributed by atoms with E-state index in [0.29, 0.717) is 0 Å². The average molecular weight is 508 g/mol. The molecule has 1 aliphatic heterocycles. The lowest BCUT2D eigenvalue weighted by Crippen LogP contribution is -2.46. The van der Waals surface area contributed by atoms with Crippen molar-refractivity contribution in [2.45, 2.75) is 74.7 Å². The van der Waals surface area contributed by atoms with Crippen molar-refractivity contribution in [2.24, 2.45) is 5.92 Å². The van der Waals surface area contributed by atoms with Gasteiger partial charge in [-0.15, -0.1) is 0 Å². The van der Waals surface area contributed by atoms with Gasteiger partial charge < -0.3 is 4.90 Å². The molecule has 0 N–H and O–H groups in total. The minimum Gasteiger partial charge on any atom is -0.302 e. The van der Waals surface area contributed by atoms with Crippen molar-refractivity contribution < 1.29 is 0 Å². The maximum Gasteiger partial charge on any atom is 0.00221 e. The number of allylic oxidation sites excluding steroid dienone is 3. The molecule has 3 aromatic rings. The van der Waals surface area contributed by atoms with Crippen molar-refractivity contribution >= 4 is 11.1 Å². The van der Waals surface area contributed by atoms with E-state index in [1.165, 1.54) is 81.7 Å². The molecule has 1 heteroatoms. The van der Waals surface area contributed by atoms with Gasteiger partial charge in [0.2, 0.25) is 0 Å². The van der Waals surface area contributed by atoms with Crippen LogP contribution in [-0.2, 0) is 12.8 Å². The van der Waals surface area contributed by atoms with Crippen LogP contribution in [0.4, 0.5) is 0 Å². The van der Waals surface area contributed by atoms with Crippen LogP contribution in [0.2, 0.25) is 0 Å². The van der Waals surface area contributed by atoms with Gasteiger partial charge in [-0.3, -0.25) is 0 Å². The first-order chi connectivity index (χ1) is 18.3. The van der Waals surface area contributed by atoms with E-state index in [1.54, 1.807) is 0 Å². The summed E-state index contributed by atoms with van der Waals surface area (Å²) < 4.78 is 0. The molecule has 1 saturated heterocycles. The molecule has 1 aliphatic rings. The molecule has 3 aromatic carbocycles. The van der Waals surface area contributed by atoms with Crippen LogP contribution >= 0.6 is 0 Å². The Morgan fingerprint density at radius 3 is 2.00 bits per heavy atom. The number of aryl methyl sites for hydroxylation is 4. The third-order valence-electron chi connectivity index (χ3n) is 8.09. The minimum absolute atomic E-state index is 0.907. The van der Waals surface area contributed by atoms with Gasteiger partial charge in [-0.05, 0) is 109 Å². The highest BCUT2D eigenvalue weighted by atomic mass is 15.2. The van der Waals surface area contributed by atoms with Crippen molar-refractivity contribution in [3.8, 4) is 0 Å². The average Bonchev–Trinajstić information content (AvgIpc) is 2.88. The molecular weight excluding hydrogens is 458 g/mol. The van der Waals surface area contributed by atoms with Gasteiger partial charge in [-0.1, -0.05) is 100.0 Å². The molecule has 1 nitrogen and oxygen atoms in total. The first kappa shape index (κ1) is 29.7. The van der Waals surface area contributed by atoms with Crippen LogP contribution in [0.3, 0.4) is 0 Å². The van der Waals surface area contributed by atoms with E-state index < -0.39 is 0 Å². The van der Waals surface area contributed by atoms with E-state index in [0.717, 1.165) is 24.3 Å². The van der Waals surface area contributed by atoms with Crippen LogP contribution in [0.1, 0.15) is 78.6 Å². The smallest absolute Gasteiger partial charge is 0.00221 e. The Bertz CT molecular complexity index is 1230. The summed E-state index contributed by atoms with van der Waals surface area (Å²) in [6.45, 7) is 25.7. The second-order valence-electron chi connectivity index (χ2n) is 10.9. The molecule has 202 valence electrons. The standard InChI is InChI=1S/C35H43N.C2H6/c1-8-30-22-36(23-30)18-17-31-13-15-32(16-14-31)21-34(33-12-10-9-11-25(33)3)28(6)29(7)35-26(4)19-24(2)20-27(35)5;1-2/h9-16,19-20,30H,7-8,17-18,21-23H2,1-6H3;1-2H3/b34-28+;. The highest BCUT2D eigenvalue weighted by Crippen LogP contribution is 2.35. The Morgan fingerprint density at radius 2 is 1.42 bits per heavy atom. The second kappa shape index (κ2) is 13.8. The molecule has 1 fully saturated rings. The maximum absolute atomic E-state index is 4.61. The number of benzene rings is 3. The van der Waals surface area contributed by atoms with Crippen LogP contribution in [0, 0.1) is 33.6 Å². The van der Waals surface area contributed by atoms with Gasteiger partial charge in [0.15, 0.2) is 0 Å². The molecule has 0 bridgehead atoms. The zero-order chi connectivity index (χ0) is 27.8. The molecular formula is C37H49N. The lowest BCUT2D eigenvalue weighted by atomic mass is 9.84. The third kappa shape index (κ3) is 7.14. The van der Waals surface area contributed by atoms with Gasteiger partial charge in [-0.25, -0.2) is 0 Å². The Labute approximate surface area is 233 Å². The number of hydrogen-bond acceptors (Lipinski definition) is 1. The summed E-state index contributed by atoms with van der Waals surface area (Å²) in [5, 5.41) is 0. The molecule has 0 unspecified atom stereocenters. The van der Waals surface area contributed by atoms with E-state index in [-0.39, 0.29) is 0 Å². The molecule has 0 radical (unpaired) electrons. The molecule has 0 saturated carbocycles. The lowest BCUT2D eigenvalue weighted by Gasteiger charge is -2.38. The maximum atomic E-state index is 4.61. The van der Waals surface area contributed by atoms with E-state index in [4.69, 9.17) is 0 Å². The number of likely N-dealkylation sites (tertiary alicyclic amines) is 1. The van der Waals surface area contributed by atoms with Crippen molar-refractivity contribution in [1.29, 1.82) is 0 Å². The van der Waals surface area contributed by atoms with Gasteiger partial charge in [0.05, 0.1) is 0 Å². The van der Waals surface area contributed by atoms with Crippen LogP contribution in [0.15, 0.2) is 72.8 Å². The van der Waals surface area contributed by atoms with Gasteiger partial charge in [0.1, 0.15) is 0 Å². The van der Waals surface area contributed by atoms with Crippen molar-refractivity contribution in [3.63, 3.8) is 0 Å². The van der Waals surface area contributed by atoms with E-state index in [1.807, 2.05) is 13.8 Å². The predicted molar refractivity (Wildman–Crippen MR) is 169 cm³/mol. The summed E-state index contributed by atoms with van der Waals surface area (Å²) in [5.74, 6) is 0.921. The zero-order valence-electron chi connectivity index (χ0n) is 25.2. The molecule has 0 aromatic heterocycles. The van der Waals surface area contributed by atoms with Crippen LogP contribution < -0.4 is 0 Å². The molecule has 0 amide bonds. The van der Waals surface area contributed by atoms with E-state index in [2.05, 4.69) is 114 Å². The Morgan fingerprint density at radius 1 is 0.842 bits per heavy atom. The second-order valence-corrected chi connectivity index (χ2v) is 10.9. The van der Waals surface area contributed by atoms with Gasteiger partial charge in [0, 0.05) is 19.6 Å². The van der Waals surface area contributed by atoms with Gasteiger partial charge >= 0.3 is 0 Å². The topological polar surface area (TPSA) is 3.24 Å². The fourth-order valence-corrected chi connectivity index (χ4v) is 5.80. The predicted octanol–water partition coefficient (Wildman–Crippen LogP) is 9.56. The normalized spacial score (nSPS) is 14.3. The lowest BCUT2D eigenvalue weighted by molar-refractivity contribution is 0.0994.